The highest BCUT2D eigenvalue weighted by Crippen LogP contribution is 2.11. The molecule has 17 heavy (non-hydrogen) atoms. The minimum Gasteiger partial charge on any atom is -0.477 e. The Morgan fingerprint density at radius 2 is 2.35 bits per heavy atom. The summed E-state index contributed by atoms with van der Waals surface area (Å²) in [6, 6.07) is 0. The lowest BCUT2D eigenvalue weighted by Crippen LogP contribution is -2.16. The average molecular weight is 252 g/mol. The molecule has 0 fully saturated rings. The van der Waals surface area contributed by atoms with E-state index in [9.17, 15) is 9.59 Å². The number of carboxylic acid groups (broad SMARTS) is 1. The van der Waals surface area contributed by atoms with Crippen molar-refractivity contribution in [3.8, 4) is 0 Å². The molecule has 0 spiro atoms. The van der Waals surface area contributed by atoms with Gasteiger partial charge in [0.2, 0.25) is 5.91 Å². The lowest BCUT2D eigenvalue weighted by atomic mass is 10.3. The average Bonchev–Trinajstić information content (AvgIpc) is 2.88. The third-order valence-electron chi connectivity index (χ3n) is 1.96. The molecule has 2 aromatic heterocycles. The first-order valence-corrected chi connectivity index (χ1v) is 5.54. The van der Waals surface area contributed by atoms with Crippen LogP contribution in [0.1, 0.15) is 16.1 Å². The standard InChI is InChI=1S/C9H8N4O3S/c14-7(1-5-3-17-4-10-5)12-8-6(9(15)16)2-11-13-8/h2-4H,1H2,(H,15,16)(H2,11,12,13,14). The highest BCUT2D eigenvalue weighted by atomic mass is 32.1. The molecular weight excluding hydrogens is 244 g/mol. The molecule has 2 aromatic rings. The molecule has 2 rings (SSSR count). The predicted molar refractivity (Wildman–Crippen MR) is 60.0 cm³/mol. The Morgan fingerprint density at radius 1 is 1.53 bits per heavy atom. The van der Waals surface area contributed by atoms with Crippen LogP contribution < -0.4 is 5.32 Å². The van der Waals surface area contributed by atoms with E-state index in [2.05, 4.69) is 20.5 Å². The van der Waals surface area contributed by atoms with Crippen molar-refractivity contribution in [3.05, 3.63) is 28.3 Å². The fourth-order valence-corrected chi connectivity index (χ4v) is 1.77. The third kappa shape index (κ3) is 2.67. The summed E-state index contributed by atoms with van der Waals surface area (Å²) in [5, 5.41) is 19.0. The number of carboxylic acids is 1. The maximum Gasteiger partial charge on any atom is 0.341 e. The number of thiazole rings is 1. The Bertz CT molecular complexity index is 534. The second kappa shape index (κ2) is 4.74. The monoisotopic (exact) mass is 252 g/mol. The van der Waals surface area contributed by atoms with Gasteiger partial charge in [0, 0.05) is 5.38 Å². The summed E-state index contributed by atoms with van der Waals surface area (Å²) >= 11 is 1.39. The Labute approximate surface area is 99.5 Å². The van der Waals surface area contributed by atoms with Crippen LogP contribution in [-0.2, 0) is 11.2 Å². The highest BCUT2D eigenvalue weighted by molar-refractivity contribution is 7.07. The summed E-state index contributed by atoms with van der Waals surface area (Å²) in [5.74, 6) is -1.41. The first kappa shape index (κ1) is 11.3. The summed E-state index contributed by atoms with van der Waals surface area (Å²) in [5.41, 5.74) is 2.20. The van der Waals surface area contributed by atoms with Gasteiger partial charge in [0.1, 0.15) is 11.4 Å². The molecule has 8 heteroatoms. The third-order valence-corrected chi connectivity index (χ3v) is 2.59. The molecule has 0 radical (unpaired) electrons. The van der Waals surface area contributed by atoms with E-state index in [1.54, 1.807) is 10.9 Å². The van der Waals surface area contributed by atoms with E-state index >= 15 is 0 Å². The van der Waals surface area contributed by atoms with Crippen LogP contribution >= 0.6 is 11.3 Å². The van der Waals surface area contributed by atoms with Crippen LogP contribution in [0.2, 0.25) is 0 Å². The molecule has 0 aromatic carbocycles. The number of hydrogen-bond acceptors (Lipinski definition) is 5. The van der Waals surface area contributed by atoms with E-state index in [-0.39, 0.29) is 23.7 Å². The minimum atomic E-state index is -1.15. The Balaban J connectivity index is 2.03. The maximum absolute atomic E-state index is 11.6. The number of carbonyl (C=O) groups excluding carboxylic acids is 1. The molecule has 0 saturated heterocycles. The SMILES string of the molecule is O=C(Cc1cscn1)Nc1[nH]ncc1C(=O)O. The van der Waals surface area contributed by atoms with Crippen LogP contribution in [0.4, 0.5) is 5.82 Å². The summed E-state index contributed by atoms with van der Waals surface area (Å²) < 4.78 is 0. The van der Waals surface area contributed by atoms with Crippen LogP contribution in [0.15, 0.2) is 17.1 Å². The van der Waals surface area contributed by atoms with Gasteiger partial charge in [0.05, 0.1) is 23.8 Å². The molecule has 0 aliphatic rings. The first-order valence-electron chi connectivity index (χ1n) is 4.60. The molecule has 2 heterocycles. The van der Waals surface area contributed by atoms with Gasteiger partial charge in [-0.3, -0.25) is 9.89 Å². The van der Waals surface area contributed by atoms with Gasteiger partial charge >= 0.3 is 5.97 Å². The van der Waals surface area contributed by atoms with E-state index in [0.29, 0.717) is 5.69 Å². The van der Waals surface area contributed by atoms with E-state index in [1.807, 2.05) is 0 Å². The lowest BCUT2D eigenvalue weighted by Gasteiger charge is -2.01. The molecule has 0 aliphatic heterocycles. The van der Waals surface area contributed by atoms with E-state index in [0.717, 1.165) is 6.20 Å². The molecule has 3 N–H and O–H groups in total. The van der Waals surface area contributed by atoms with Gasteiger partial charge in [-0.2, -0.15) is 5.10 Å². The molecule has 0 unspecified atom stereocenters. The summed E-state index contributed by atoms with van der Waals surface area (Å²) in [4.78, 5) is 26.3. The predicted octanol–water partition coefficient (Wildman–Crippen LogP) is 0.746. The number of nitrogens with zero attached hydrogens (tertiary/aromatic N) is 2. The van der Waals surface area contributed by atoms with Crippen molar-refractivity contribution in [2.24, 2.45) is 0 Å². The minimum absolute atomic E-state index is 0.0726. The topological polar surface area (TPSA) is 108 Å². The second-order valence-corrected chi connectivity index (χ2v) is 3.89. The van der Waals surface area contributed by atoms with Gasteiger partial charge in [-0.25, -0.2) is 9.78 Å². The molecule has 1 amide bonds. The van der Waals surface area contributed by atoms with E-state index in [1.165, 1.54) is 11.3 Å². The molecule has 0 bridgehead atoms. The van der Waals surface area contributed by atoms with Crippen molar-refractivity contribution in [1.82, 2.24) is 15.2 Å². The number of aromatic amines is 1. The van der Waals surface area contributed by atoms with Gasteiger partial charge in [-0.05, 0) is 0 Å². The van der Waals surface area contributed by atoms with Crippen molar-refractivity contribution in [1.29, 1.82) is 0 Å². The highest BCUT2D eigenvalue weighted by Gasteiger charge is 2.15. The number of anilines is 1. The van der Waals surface area contributed by atoms with Gasteiger partial charge in [-0.15, -0.1) is 11.3 Å². The first-order chi connectivity index (χ1) is 8.16. The van der Waals surface area contributed by atoms with Gasteiger partial charge < -0.3 is 10.4 Å². The summed E-state index contributed by atoms with van der Waals surface area (Å²) in [6.45, 7) is 0. The molecular formula is C9H8N4O3S. The van der Waals surface area contributed by atoms with E-state index in [4.69, 9.17) is 5.11 Å². The van der Waals surface area contributed by atoms with Crippen molar-refractivity contribution >= 4 is 29.0 Å². The number of H-pyrrole nitrogens is 1. The number of hydrogen-bond donors (Lipinski definition) is 3. The zero-order valence-electron chi connectivity index (χ0n) is 8.51. The quantitative estimate of drug-likeness (QED) is 0.744. The maximum atomic E-state index is 11.6. The van der Waals surface area contributed by atoms with Crippen LogP contribution in [0.3, 0.4) is 0 Å². The molecule has 0 saturated carbocycles. The normalized spacial score (nSPS) is 10.1. The van der Waals surface area contributed by atoms with Crippen molar-refractivity contribution < 1.29 is 14.7 Å². The van der Waals surface area contributed by atoms with Gasteiger partial charge in [0.25, 0.3) is 0 Å². The zero-order valence-corrected chi connectivity index (χ0v) is 9.32. The van der Waals surface area contributed by atoms with E-state index < -0.39 is 5.97 Å². The number of aromatic carboxylic acids is 1. The number of aromatic nitrogens is 3. The van der Waals surface area contributed by atoms with Gasteiger partial charge in [-0.1, -0.05) is 0 Å². The number of nitrogens with one attached hydrogen (secondary N) is 2. The van der Waals surface area contributed by atoms with Crippen molar-refractivity contribution in [2.45, 2.75) is 6.42 Å². The van der Waals surface area contributed by atoms with Crippen LogP contribution in [0, 0.1) is 0 Å². The van der Waals surface area contributed by atoms with Crippen LogP contribution in [0.25, 0.3) is 0 Å². The van der Waals surface area contributed by atoms with Crippen molar-refractivity contribution in [2.75, 3.05) is 5.32 Å². The smallest absolute Gasteiger partial charge is 0.341 e. The molecule has 88 valence electrons. The molecule has 7 nitrogen and oxygen atoms in total. The van der Waals surface area contributed by atoms with Crippen molar-refractivity contribution in [3.63, 3.8) is 0 Å². The Morgan fingerprint density at radius 3 is 3.00 bits per heavy atom. The fraction of sp³-hybridized carbons (Fsp3) is 0.111. The summed E-state index contributed by atoms with van der Waals surface area (Å²) in [6.07, 6.45) is 1.24. The summed E-state index contributed by atoms with van der Waals surface area (Å²) in [7, 11) is 0. The van der Waals surface area contributed by atoms with Crippen LogP contribution in [0.5, 0.6) is 0 Å². The second-order valence-electron chi connectivity index (χ2n) is 3.17. The molecule has 0 aliphatic carbocycles. The number of amides is 1. The Kier molecular flexibility index (Phi) is 3.15. The lowest BCUT2D eigenvalue weighted by molar-refractivity contribution is -0.115. The number of rotatable bonds is 4. The Hall–Kier alpha value is -2.22. The fourth-order valence-electron chi connectivity index (χ4n) is 1.22. The largest absolute Gasteiger partial charge is 0.477 e. The molecule has 0 atom stereocenters. The zero-order chi connectivity index (χ0) is 12.3. The van der Waals surface area contributed by atoms with Gasteiger partial charge in [0.15, 0.2) is 0 Å². The van der Waals surface area contributed by atoms with Crippen LogP contribution in [-0.4, -0.2) is 32.2 Å². The number of carbonyl (C=O) groups is 2.